The summed E-state index contributed by atoms with van der Waals surface area (Å²) in [5.41, 5.74) is 0. The molecule has 15 heavy (non-hydrogen) atoms. The highest BCUT2D eigenvalue weighted by molar-refractivity contribution is 9.10. The number of rotatable bonds is 2. The second-order valence-electron chi connectivity index (χ2n) is 3.80. The van der Waals surface area contributed by atoms with E-state index in [1.54, 1.807) is 0 Å². The first kappa shape index (κ1) is 11.1. The van der Waals surface area contributed by atoms with Crippen LogP contribution in [0.3, 0.4) is 0 Å². The average molecular weight is 288 g/mol. The zero-order chi connectivity index (χ0) is 10.8. The summed E-state index contributed by atoms with van der Waals surface area (Å²) >= 11 is 4.94. The molecule has 1 saturated heterocycles. The van der Waals surface area contributed by atoms with Gasteiger partial charge in [-0.05, 0) is 46.6 Å². The van der Waals surface area contributed by atoms with Crippen molar-refractivity contribution in [1.29, 1.82) is 0 Å². The van der Waals surface area contributed by atoms with E-state index in [4.69, 9.17) is 0 Å². The van der Waals surface area contributed by atoms with Crippen molar-refractivity contribution in [2.75, 3.05) is 6.54 Å². The Bertz CT molecular complexity index is 363. The third kappa shape index (κ3) is 2.11. The molecule has 0 radical (unpaired) electrons. The highest BCUT2D eigenvalue weighted by Crippen LogP contribution is 2.28. The van der Waals surface area contributed by atoms with Gasteiger partial charge in [0.1, 0.15) is 4.88 Å². The van der Waals surface area contributed by atoms with Gasteiger partial charge < -0.3 is 4.90 Å². The third-order valence-corrected chi connectivity index (χ3v) is 4.75. The van der Waals surface area contributed by atoms with Crippen molar-refractivity contribution in [3.05, 3.63) is 20.8 Å². The van der Waals surface area contributed by atoms with Crippen molar-refractivity contribution in [1.82, 2.24) is 4.90 Å². The lowest BCUT2D eigenvalue weighted by Crippen LogP contribution is -2.34. The highest BCUT2D eigenvalue weighted by Gasteiger charge is 2.29. The number of thiophene rings is 1. The molecule has 1 atom stereocenters. The van der Waals surface area contributed by atoms with E-state index in [2.05, 4.69) is 22.9 Å². The van der Waals surface area contributed by atoms with Gasteiger partial charge in [0.25, 0.3) is 5.91 Å². The van der Waals surface area contributed by atoms with E-state index in [1.165, 1.54) is 11.3 Å². The Balaban J connectivity index is 2.18. The Labute approximate surface area is 102 Å². The molecule has 1 aromatic rings. The van der Waals surface area contributed by atoms with Gasteiger partial charge in [0.15, 0.2) is 0 Å². The molecule has 1 fully saturated rings. The van der Waals surface area contributed by atoms with Gasteiger partial charge in [0.05, 0.1) is 0 Å². The summed E-state index contributed by atoms with van der Waals surface area (Å²) in [6, 6.07) is 2.39. The van der Waals surface area contributed by atoms with Gasteiger partial charge in [0.2, 0.25) is 0 Å². The number of likely N-dealkylation sites (tertiary alicyclic amines) is 1. The number of hydrogen-bond donors (Lipinski definition) is 0. The lowest BCUT2D eigenvalue weighted by molar-refractivity contribution is 0.0738. The maximum absolute atomic E-state index is 12.2. The topological polar surface area (TPSA) is 20.3 Å². The summed E-state index contributed by atoms with van der Waals surface area (Å²) in [4.78, 5) is 15.1. The summed E-state index contributed by atoms with van der Waals surface area (Å²) in [5.74, 6) is 0.196. The minimum Gasteiger partial charge on any atom is -0.335 e. The molecule has 1 aromatic heterocycles. The van der Waals surface area contributed by atoms with Gasteiger partial charge in [-0.3, -0.25) is 4.79 Å². The van der Waals surface area contributed by atoms with Crippen molar-refractivity contribution in [2.24, 2.45) is 0 Å². The minimum atomic E-state index is 0.196. The third-order valence-electron chi connectivity index (χ3n) is 2.92. The van der Waals surface area contributed by atoms with Crippen molar-refractivity contribution >= 4 is 33.2 Å². The molecule has 1 unspecified atom stereocenters. The molecule has 1 amide bonds. The lowest BCUT2D eigenvalue weighted by Gasteiger charge is -2.23. The van der Waals surface area contributed by atoms with Crippen LogP contribution in [0.1, 0.15) is 35.9 Å². The predicted octanol–water partition coefficient (Wildman–Crippen LogP) is 3.53. The van der Waals surface area contributed by atoms with E-state index < -0.39 is 0 Å². The number of hydrogen-bond acceptors (Lipinski definition) is 2. The van der Waals surface area contributed by atoms with E-state index >= 15 is 0 Å². The quantitative estimate of drug-likeness (QED) is 0.815. The molecule has 0 aromatic carbocycles. The van der Waals surface area contributed by atoms with Gasteiger partial charge >= 0.3 is 0 Å². The number of carbonyl (C=O) groups is 1. The maximum atomic E-state index is 12.2. The van der Waals surface area contributed by atoms with E-state index in [1.807, 2.05) is 16.3 Å². The molecule has 0 saturated carbocycles. The summed E-state index contributed by atoms with van der Waals surface area (Å²) in [5, 5.41) is 1.95. The van der Waals surface area contributed by atoms with Crippen LogP contribution in [-0.2, 0) is 0 Å². The first-order chi connectivity index (χ1) is 7.24. The van der Waals surface area contributed by atoms with Gasteiger partial charge in [-0.1, -0.05) is 6.92 Å². The summed E-state index contributed by atoms with van der Waals surface area (Å²) in [6.45, 7) is 3.07. The van der Waals surface area contributed by atoms with E-state index in [0.29, 0.717) is 6.04 Å². The largest absolute Gasteiger partial charge is 0.335 e. The first-order valence-corrected chi connectivity index (χ1v) is 6.95. The first-order valence-electron chi connectivity index (χ1n) is 5.28. The Morgan fingerprint density at radius 2 is 2.53 bits per heavy atom. The number of amides is 1. The molecule has 1 aliphatic rings. The fourth-order valence-electron chi connectivity index (χ4n) is 2.10. The normalized spacial score (nSPS) is 20.9. The van der Waals surface area contributed by atoms with Gasteiger partial charge in [-0.25, -0.2) is 0 Å². The van der Waals surface area contributed by atoms with Crippen LogP contribution in [0.5, 0.6) is 0 Å². The van der Waals surface area contributed by atoms with Crippen LogP contribution in [0.15, 0.2) is 15.9 Å². The van der Waals surface area contributed by atoms with Crippen molar-refractivity contribution in [3.8, 4) is 0 Å². The van der Waals surface area contributed by atoms with Crippen LogP contribution >= 0.6 is 27.3 Å². The monoisotopic (exact) mass is 287 g/mol. The Morgan fingerprint density at radius 3 is 3.13 bits per heavy atom. The molecule has 4 heteroatoms. The molecular weight excluding hydrogens is 274 g/mol. The van der Waals surface area contributed by atoms with E-state index in [0.717, 1.165) is 35.2 Å². The molecule has 0 bridgehead atoms. The van der Waals surface area contributed by atoms with Crippen LogP contribution in [-0.4, -0.2) is 23.4 Å². The molecule has 0 spiro atoms. The Morgan fingerprint density at radius 1 is 1.73 bits per heavy atom. The number of halogens is 1. The molecular formula is C11H14BrNOS. The van der Waals surface area contributed by atoms with Crippen molar-refractivity contribution in [2.45, 2.75) is 32.2 Å². The zero-order valence-electron chi connectivity index (χ0n) is 8.70. The zero-order valence-corrected chi connectivity index (χ0v) is 11.1. The van der Waals surface area contributed by atoms with Crippen LogP contribution in [0, 0.1) is 0 Å². The van der Waals surface area contributed by atoms with Crippen LogP contribution in [0.25, 0.3) is 0 Å². The van der Waals surface area contributed by atoms with Gasteiger partial charge in [-0.15, -0.1) is 11.3 Å². The van der Waals surface area contributed by atoms with Crippen molar-refractivity contribution < 1.29 is 4.79 Å². The molecule has 2 nitrogen and oxygen atoms in total. The minimum absolute atomic E-state index is 0.196. The molecule has 82 valence electrons. The van der Waals surface area contributed by atoms with Gasteiger partial charge in [-0.2, -0.15) is 0 Å². The fourth-order valence-corrected chi connectivity index (χ4v) is 3.60. The fraction of sp³-hybridized carbons (Fsp3) is 0.545. The lowest BCUT2D eigenvalue weighted by atomic mass is 10.2. The predicted molar refractivity (Wildman–Crippen MR) is 66.4 cm³/mol. The van der Waals surface area contributed by atoms with Crippen LogP contribution in [0.4, 0.5) is 0 Å². The van der Waals surface area contributed by atoms with Crippen molar-refractivity contribution in [3.63, 3.8) is 0 Å². The second-order valence-corrected chi connectivity index (χ2v) is 5.57. The standard InChI is InChI=1S/C11H14BrNOS/c1-2-8-4-3-6-13(8)11(14)10-9(12)5-7-15-10/h5,7-8H,2-4,6H2,1H3. The highest BCUT2D eigenvalue weighted by atomic mass is 79.9. The van der Waals surface area contributed by atoms with E-state index in [-0.39, 0.29) is 5.91 Å². The molecule has 2 rings (SSSR count). The molecule has 2 heterocycles. The summed E-state index contributed by atoms with van der Waals surface area (Å²) in [6.07, 6.45) is 3.37. The van der Waals surface area contributed by atoms with Crippen LogP contribution < -0.4 is 0 Å². The smallest absolute Gasteiger partial charge is 0.265 e. The molecule has 0 N–H and O–H groups in total. The second kappa shape index (κ2) is 4.66. The van der Waals surface area contributed by atoms with E-state index in [9.17, 15) is 4.79 Å². The SMILES string of the molecule is CCC1CCCN1C(=O)c1sccc1Br. The molecule has 0 aliphatic carbocycles. The Hall–Kier alpha value is -0.350. The number of nitrogens with zero attached hydrogens (tertiary/aromatic N) is 1. The Kier molecular flexibility index (Phi) is 3.46. The summed E-state index contributed by atoms with van der Waals surface area (Å²) < 4.78 is 0.930. The number of carbonyl (C=O) groups excluding carboxylic acids is 1. The molecule has 1 aliphatic heterocycles. The summed E-state index contributed by atoms with van der Waals surface area (Å²) in [7, 11) is 0. The van der Waals surface area contributed by atoms with Gasteiger partial charge in [0, 0.05) is 17.1 Å². The maximum Gasteiger partial charge on any atom is 0.265 e. The van der Waals surface area contributed by atoms with Crippen LogP contribution in [0.2, 0.25) is 0 Å². The average Bonchev–Trinajstić information content (AvgIpc) is 2.84.